The van der Waals surface area contributed by atoms with Gasteiger partial charge in [0.25, 0.3) is 0 Å². The van der Waals surface area contributed by atoms with Gasteiger partial charge in [0, 0.05) is 7.11 Å². The van der Waals surface area contributed by atoms with Gasteiger partial charge in [-0.25, -0.2) is 0 Å². The van der Waals surface area contributed by atoms with Crippen molar-refractivity contribution in [2.75, 3.05) is 7.11 Å². The van der Waals surface area contributed by atoms with Crippen molar-refractivity contribution >= 4 is 5.57 Å². The van der Waals surface area contributed by atoms with Gasteiger partial charge in [0.1, 0.15) is 0 Å². The Bertz CT molecular complexity index is 704. The van der Waals surface area contributed by atoms with Gasteiger partial charge in [-0.15, -0.1) is 41.5 Å². The van der Waals surface area contributed by atoms with E-state index in [1.807, 2.05) is 72.8 Å². The number of aliphatic hydroxyl groups excluding tert-OH is 1. The Kier molecular flexibility index (Phi) is 24.3. The average molecular weight is 474 g/mol. The van der Waals surface area contributed by atoms with Crippen LogP contribution in [0.1, 0.15) is 25.8 Å². The van der Waals surface area contributed by atoms with Gasteiger partial charge in [0.15, 0.2) is 0 Å². The van der Waals surface area contributed by atoms with Gasteiger partial charge in [-0.1, -0.05) is 17.2 Å². The molecular weight excluding hydrogens is 447 g/mol. The van der Waals surface area contributed by atoms with Crippen LogP contribution >= 0.6 is 0 Å². The van der Waals surface area contributed by atoms with Crippen LogP contribution in [0.15, 0.2) is 102 Å². The minimum absolute atomic E-state index is 0. The molecule has 158 valence electrons. The summed E-state index contributed by atoms with van der Waals surface area (Å²) in [5.41, 5.74) is 5.51. The SMILES string of the molecule is CC1=CC(C)=C(c2[c-]cccc2)C1.CO.[Cl-].[Cl-].[Ti+2].[c-]1ccccc1.[c-]1ccccc1. The number of hydrogen-bond acceptors (Lipinski definition) is 1. The van der Waals surface area contributed by atoms with Crippen LogP contribution in [0.4, 0.5) is 0 Å². The third-order valence-electron chi connectivity index (χ3n) is 3.64. The third kappa shape index (κ3) is 14.4. The smallest absolute Gasteiger partial charge is 1.00 e. The zero-order chi connectivity index (χ0) is 19.7. The van der Waals surface area contributed by atoms with Crippen molar-refractivity contribution in [3.63, 3.8) is 0 Å². The Morgan fingerprint density at radius 1 is 0.700 bits per heavy atom. The number of halogens is 2. The molecule has 0 saturated carbocycles. The maximum atomic E-state index is 7.00. The van der Waals surface area contributed by atoms with Crippen molar-refractivity contribution < 1.29 is 51.6 Å². The zero-order valence-electron chi connectivity index (χ0n) is 17.6. The molecule has 1 nitrogen and oxygen atoms in total. The molecule has 0 fully saturated rings. The predicted octanol–water partition coefficient (Wildman–Crippen LogP) is 0.198. The van der Waals surface area contributed by atoms with Gasteiger partial charge in [-0.2, -0.15) is 72.8 Å². The van der Waals surface area contributed by atoms with E-state index in [-0.39, 0.29) is 46.5 Å². The molecule has 0 aromatic heterocycles. The Balaban J connectivity index is -0.000000367. The molecule has 4 rings (SSSR count). The van der Waals surface area contributed by atoms with Crippen LogP contribution in [0.5, 0.6) is 0 Å². The molecular formula is C26H27Cl2OTi-3. The quantitative estimate of drug-likeness (QED) is 0.395. The van der Waals surface area contributed by atoms with Crippen LogP contribution in [0, 0.1) is 18.2 Å². The van der Waals surface area contributed by atoms with E-state index in [1.165, 1.54) is 22.3 Å². The summed E-state index contributed by atoms with van der Waals surface area (Å²) in [6.07, 6.45) is 3.35. The van der Waals surface area contributed by atoms with Crippen LogP contribution in [-0.2, 0) is 21.7 Å². The number of benzene rings is 3. The number of rotatable bonds is 1. The van der Waals surface area contributed by atoms with Gasteiger partial charge >= 0.3 is 21.7 Å². The standard InChI is InChI=1S/C13H13.2C6H5.CH4O.2ClH.Ti/c1-10-8-11(2)13(9-10)12-6-4-3-5-7-12;2*1-2-4-6-5-3-1;1-2;;;/h3-6,8H,9H2,1-2H3;2*1-5H;2H,1H3;2*1H;/q3*-1;;;;+2/p-2. The monoisotopic (exact) mass is 473 g/mol. The van der Waals surface area contributed by atoms with Gasteiger partial charge in [-0.3, -0.25) is 0 Å². The fourth-order valence-corrected chi connectivity index (χ4v) is 2.50. The predicted molar refractivity (Wildman–Crippen MR) is 115 cm³/mol. The molecule has 1 aliphatic rings. The first kappa shape index (κ1) is 33.0. The minimum atomic E-state index is 0. The molecule has 30 heavy (non-hydrogen) atoms. The summed E-state index contributed by atoms with van der Waals surface area (Å²) in [7, 11) is 1.00. The topological polar surface area (TPSA) is 20.2 Å². The van der Waals surface area contributed by atoms with Crippen molar-refractivity contribution in [1.29, 1.82) is 0 Å². The molecule has 1 N–H and O–H groups in total. The summed E-state index contributed by atoms with van der Waals surface area (Å²) >= 11 is 0. The normalized spacial score (nSPS) is 10.5. The van der Waals surface area contributed by atoms with Crippen molar-refractivity contribution in [3.05, 3.63) is 126 Å². The Labute approximate surface area is 209 Å². The van der Waals surface area contributed by atoms with Crippen LogP contribution in [0.25, 0.3) is 5.57 Å². The molecule has 1 aliphatic carbocycles. The second-order valence-electron chi connectivity index (χ2n) is 5.76. The molecule has 0 unspecified atom stereocenters. The maximum Gasteiger partial charge on any atom is 2.00 e. The van der Waals surface area contributed by atoms with Crippen LogP contribution in [-0.4, -0.2) is 12.2 Å². The van der Waals surface area contributed by atoms with E-state index in [2.05, 4.69) is 50.3 Å². The Morgan fingerprint density at radius 2 is 1.17 bits per heavy atom. The summed E-state index contributed by atoms with van der Waals surface area (Å²) in [6, 6.07) is 36.5. The molecule has 0 amide bonds. The second kappa shape index (κ2) is 22.1. The van der Waals surface area contributed by atoms with Crippen LogP contribution in [0.3, 0.4) is 0 Å². The maximum absolute atomic E-state index is 7.00. The van der Waals surface area contributed by atoms with E-state index >= 15 is 0 Å². The van der Waals surface area contributed by atoms with E-state index in [1.54, 1.807) is 0 Å². The van der Waals surface area contributed by atoms with Crippen LogP contribution in [0.2, 0.25) is 0 Å². The molecule has 0 saturated heterocycles. The fourth-order valence-electron chi connectivity index (χ4n) is 2.50. The summed E-state index contributed by atoms with van der Waals surface area (Å²) in [6.45, 7) is 4.35. The zero-order valence-corrected chi connectivity index (χ0v) is 20.6. The van der Waals surface area contributed by atoms with E-state index in [0.29, 0.717) is 0 Å². The molecule has 4 heteroatoms. The summed E-state index contributed by atoms with van der Waals surface area (Å²) in [5, 5.41) is 7.00. The van der Waals surface area contributed by atoms with Crippen LogP contribution < -0.4 is 24.8 Å². The summed E-state index contributed by atoms with van der Waals surface area (Å²) < 4.78 is 0. The Morgan fingerprint density at radius 3 is 1.43 bits per heavy atom. The first-order chi connectivity index (χ1) is 13.3. The molecule has 0 radical (unpaired) electrons. The molecule has 0 aliphatic heterocycles. The van der Waals surface area contributed by atoms with Gasteiger partial charge < -0.3 is 29.9 Å². The third-order valence-corrected chi connectivity index (χ3v) is 3.64. The fraction of sp³-hybridized carbons (Fsp3) is 0.154. The van der Waals surface area contributed by atoms with Crippen molar-refractivity contribution in [2.24, 2.45) is 0 Å². The first-order valence-corrected chi connectivity index (χ1v) is 8.88. The van der Waals surface area contributed by atoms with Crippen molar-refractivity contribution in [3.8, 4) is 0 Å². The largest absolute Gasteiger partial charge is 2.00 e. The average Bonchev–Trinajstić information content (AvgIpc) is 3.11. The first-order valence-electron chi connectivity index (χ1n) is 8.88. The number of allylic oxidation sites excluding steroid dienone is 4. The van der Waals surface area contributed by atoms with E-state index in [0.717, 1.165) is 13.5 Å². The van der Waals surface area contributed by atoms with Crippen molar-refractivity contribution in [2.45, 2.75) is 20.3 Å². The molecule has 0 bridgehead atoms. The van der Waals surface area contributed by atoms with Gasteiger partial charge in [0.05, 0.1) is 0 Å². The molecule has 3 aromatic rings. The van der Waals surface area contributed by atoms with E-state index in [4.69, 9.17) is 5.11 Å². The van der Waals surface area contributed by atoms with Gasteiger partial charge in [-0.05, 0) is 20.3 Å². The molecule has 0 heterocycles. The van der Waals surface area contributed by atoms with Gasteiger partial charge in [0.2, 0.25) is 0 Å². The molecule has 0 spiro atoms. The summed E-state index contributed by atoms with van der Waals surface area (Å²) in [5.74, 6) is 0. The molecule has 3 aromatic carbocycles. The number of hydrogen-bond donors (Lipinski definition) is 1. The van der Waals surface area contributed by atoms with E-state index in [9.17, 15) is 0 Å². The second-order valence-corrected chi connectivity index (χ2v) is 5.76. The van der Waals surface area contributed by atoms with Crippen molar-refractivity contribution in [1.82, 2.24) is 0 Å². The van der Waals surface area contributed by atoms with E-state index < -0.39 is 0 Å². The minimum Gasteiger partial charge on any atom is -1.00 e. The molecule has 0 atom stereocenters. The Hall–Kier alpha value is -1.61. The number of aliphatic hydroxyl groups is 1. The summed E-state index contributed by atoms with van der Waals surface area (Å²) in [4.78, 5) is 0.